The third kappa shape index (κ3) is 9.90. The van der Waals surface area contributed by atoms with E-state index in [0.717, 1.165) is 55.6 Å². The number of unbranched alkanes of at least 4 members (excludes halogenated alkanes) is 1. The van der Waals surface area contributed by atoms with Crippen LogP contribution in [0.3, 0.4) is 0 Å². The van der Waals surface area contributed by atoms with Crippen molar-refractivity contribution in [2.24, 2.45) is 4.99 Å². The van der Waals surface area contributed by atoms with Crippen molar-refractivity contribution >= 4 is 41.3 Å². The number of guanidine groups is 1. The third-order valence-corrected chi connectivity index (χ3v) is 4.41. The van der Waals surface area contributed by atoms with Crippen molar-refractivity contribution < 1.29 is 9.13 Å². The van der Waals surface area contributed by atoms with Gasteiger partial charge in [0, 0.05) is 31.4 Å². The number of ether oxygens (including phenoxy) is 1. The van der Waals surface area contributed by atoms with Crippen LogP contribution < -0.4 is 15.4 Å². The second-order valence-corrected chi connectivity index (χ2v) is 6.87. The van der Waals surface area contributed by atoms with E-state index in [2.05, 4.69) is 32.9 Å². The molecule has 2 rings (SSSR count). The summed E-state index contributed by atoms with van der Waals surface area (Å²) in [5.74, 6) is 1.28. The summed E-state index contributed by atoms with van der Waals surface area (Å²) in [6.07, 6.45) is 2.72. The molecule has 0 saturated heterocycles. The van der Waals surface area contributed by atoms with Gasteiger partial charge in [-0.3, -0.25) is 4.99 Å². The summed E-state index contributed by atoms with van der Waals surface area (Å²) in [4.78, 5) is 9.04. The number of aromatic nitrogens is 1. The zero-order chi connectivity index (χ0) is 18.6. The van der Waals surface area contributed by atoms with Crippen molar-refractivity contribution in [1.82, 2.24) is 15.6 Å². The van der Waals surface area contributed by atoms with Crippen molar-refractivity contribution in [1.29, 1.82) is 0 Å². The number of thiazole rings is 1. The number of benzene rings is 1. The molecule has 0 amide bonds. The molecular formula is C19H28FIN4OS. The average molecular weight is 506 g/mol. The van der Waals surface area contributed by atoms with Crippen molar-refractivity contribution in [3.63, 3.8) is 0 Å². The lowest BCUT2D eigenvalue weighted by Crippen LogP contribution is -2.38. The van der Waals surface area contributed by atoms with Crippen LogP contribution in [-0.2, 0) is 6.42 Å². The second-order valence-electron chi connectivity index (χ2n) is 5.80. The molecule has 0 spiro atoms. The molecule has 0 unspecified atom stereocenters. The number of nitrogens with one attached hydrogen (secondary N) is 2. The molecule has 2 N–H and O–H groups in total. The number of nitrogens with zero attached hydrogens (tertiary/aromatic N) is 2. The molecule has 0 aliphatic carbocycles. The summed E-state index contributed by atoms with van der Waals surface area (Å²) in [5.41, 5.74) is 1.12. The molecule has 0 fully saturated rings. The molecule has 27 heavy (non-hydrogen) atoms. The van der Waals surface area contributed by atoms with E-state index in [0.29, 0.717) is 12.4 Å². The monoisotopic (exact) mass is 506 g/mol. The quantitative estimate of drug-likeness (QED) is 0.220. The van der Waals surface area contributed by atoms with Gasteiger partial charge in [-0.1, -0.05) is 0 Å². The molecule has 0 radical (unpaired) electrons. The van der Waals surface area contributed by atoms with Gasteiger partial charge in [0.15, 0.2) is 5.96 Å². The molecule has 1 aromatic heterocycles. The Kier molecular flexibility index (Phi) is 12.0. The molecule has 8 heteroatoms. The molecule has 150 valence electrons. The first kappa shape index (κ1) is 23.6. The normalized spacial score (nSPS) is 11.0. The van der Waals surface area contributed by atoms with Gasteiger partial charge in [-0.05, 0) is 51.0 Å². The molecule has 5 nitrogen and oxygen atoms in total. The average Bonchev–Trinajstić information content (AvgIpc) is 3.04. The smallest absolute Gasteiger partial charge is 0.191 e. The van der Waals surface area contributed by atoms with Crippen molar-refractivity contribution in [3.05, 3.63) is 46.2 Å². The largest absolute Gasteiger partial charge is 0.494 e. The van der Waals surface area contributed by atoms with Gasteiger partial charge < -0.3 is 15.4 Å². The first-order valence-corrected chi connectivity index (χ1v) is 9.87. The van der Waals surface area contributed by atoms with Gasteiger partial charge in [0.25, 0.3) is 0 Å². The first-order valence-electron chi connectivity index (χ1n) is 8.99. The zero-order valence-electron chi connectivity index (χ0n) is 15.8. The second kappa shape index (κ2) is 13.7. The van der Waals surface area contributed by atoms with Crippen LogP contribution in [0.25, 0.3) is 0 Å². The van der Waals surface area contributed by atoms with Gasteiger partial charge in [-0.15, -0.1) is 35.3 Å². The van der Waals surface area contributed by atoms with E-state index < -0.39 is 0 Å². The Balaban J connectivity index is 0.00000364. The Morgan fingerprint density at radius 1 is 1.22 bits per heavy atom. The van der Waals surface area contributed by atoms with Crippen LogP contribution in [0.5, 0.6) is 5.75 Å². The minimum Gasteiger partial charge on any atom is -0.494 e. The standard InChI is InChI=1S/C19H27FN4OS.HI/c1-3-21-19(23-12-10-17-14-26-15(2)24-17)22-11-4-5-13-25-18-8-6-16(20)7-9-18;/h6-9,14H,3-5,10-13H2,1-2H3,(H2,21,22,23);1H. The van der Waals surface area contributed by atoms with Crippen molar-refractivity contribution in [2.75, 3.05) is 26.2 Å². The van der Waals surface area contributed by atoms with E-state index in [9.17, 15) is 4.39 Å². The predicted molar refractivity (Wildman–Crippen MR) is 121 cm³/mol. The Morgan fingerprint density at radius 2 is 2.00 bits per heavy atom. The minimum absolute atomic E-state index is 0. The maximum Gasteiger partial charge on any atom is 0.191 e. The van der Waals surface area contributed by atoms with Crippen LogP contribution in [0.1, 0.15) is 30.5 Å². The molecule has 2 aromatic rings. The van der Waals surface area contributed by atoms with Gasteiger partial charge in [0.1, 0.15) is 11.6 Å². The minimum atomic E-state index is -0.250. The lowest BCUT2D eigenvalue weighted by Gasteiger charge is -2.10. The number of hydrogen-bond acceptors (Lipinski definition) is 4. The van der Waals surface area contributed by atoms with Crippen LogP contribution in [-0.4, -0.2) is 37.2 Å². The Hall–Kier alpha value is -1.42. The van der Waals surface area contributed by atoms with Crippen LogP contribution in [0.2, 0.25) is 0 Å². The van der Waals surface area contributed by atoms with E-state index in [-0.39, 0.29) is 29.8 Å². The van der Waals surface area contributed by atoms with Gasteiger partial charge >= 0.3 is 0 Å². The summed E-state index contributed by atoms with van der Waals surface area (Å²) in [6, 6.07) is 6.09. The summed E-state index contributed by atoms with van der Waals surface area (Å²) < 4.78 is 18.4. The van der Waals surface area contributed by atoms with E-state index in [1.165, 1.54) is 12.1 Å². The summed E-state index contributed by atoms with van der Waals surface area (Å²) >= 11 is 1.68. The Bertz CT molecular complexity index is 679. The Labute approximate surface area is 181 Å². The number of halogens is 2. The highest BCUT2D eigenvalue weighted by molar-refractivity contribution is 14.0. The van der Waals surface area contributed by atoms with E-state index in [4.69, 9.17) is 4.74 Å². The lowest BCUT2D eigenvalue weighted by atomic mass is 10.3. The summed E-state index contributed by atoms with van der Waals surface area (Å²) in [7, 11) is 0. The molecule has 1 heterocycles. The van der Waals surface area contributed by atoms with Crippen molar-refractivity contribution in [2.45, 2.75) is 33.1 Å². The number of aliphatic imine (C=N–C) groups is 1. The highest BCUT2D eigenvalue weighted by Gasteiger charge is 2.01. The fraction of sp³-hybridized carbons (Fsp3) is 0.474. The number of aryl methyl sites for hydroxylation is 1. The molecule has 0 bridgehead atoms. The summed E-state index contributed by atoms with van der Waals surface area (Å²) in [6.45, 7) is 7.05. The summed E-state index contributed by atoms with van der Waals surface area (Å²) in [5, 5.41) is 9.79. The van der Waals surface area contributed by atoms with Gasteiger partial charge in [0.2, 0.25) is 0 Å². The SMILES string of the molecule is CCNC(=NCCCCOc1ccc(F)cc1)NCCc1csc(C)n1.I. The molecule has 0 aliphatic rings. The van der Waals surface area contributed by atoms with Crippen LogP contribution >= 0.6 is 35.3 Å². The zero-order valence-corrected chi connectivity index (χ0v) is 19.0. The number of hydrogen-bond donors (Lipinski definition) is 2. The molecular weight excluding hydrogens is 478 g/mol. The molecule has 0 saturated carbocycles. The van der Waals surface area contributed by atoms with E-state index in [1.54, 1.807) is 23.5 Å². The number of rotatable bonds is 10. The van der Waals surface area contributed by atoms with Crippen LogP contribution in [0, 0.1) is 12.7 Å². The predicted octanol–water partition coefficient (Wildman–Crippen LogP) is 4.17. The van der Waals surface area contributed by atoms with Gasteiger partial charge in [0.05, 0.1) is 17.3 Å². The topological polar surface area (TPSA) is 58.5 Å². The molecule has 0 aliphatic heterocycles. The van der Waals surface area contributed by atoms with Gasteiger partial charge in [-0.25, -0.2) is 9.37 Å². The highest BCUT2D eigenvalue weighted by Crippen LogP contribution is 2.11. The fourth-order valence-corrected chi connectivity index (χ4v) is 2.95. The van der Waals surface area contributed by atoms with E-state index in [1.807, 2.05) is 6.92 Å². The van der Waals surface area contributed by atoms with Gasteiger partial charge in [-0.2, -0.15) is 0 Å². The fourth-order valence-electron chi connectivity index (χ4n) is 2.30. The van der Waals surface area contributed by atoms with E-state index >= 15 is 0 Å². The third-order valence-electron chi connectivity index (χ3n) is 3.59. The molecule has 1 aromatic carbocycles. The lowest BCUT2D eigenvalue weighted by molar-refractivity contribution is 0.307. The first-order chi connectivity index (χ1) is 12.7. The Morgan fingerprint density at radius 3 is 2.67 bits per heavy atom. The molecule has 0 atom stereocenters. The van der Waals surface area contributed by atoms with Crippen molar-refractivity contribution in [3.8, 4) is 5.75 Å². The highest BCUT2D eigenvalue weighted by atomic mass is 127. The van der Waals surface area contributed by atoms with Crippen LogP contribution in [0.4, 0.5) is 4.39 Å². The maximum absolute atomic E-state index is 12.8. The van der Waals surface area contributed by atoms with Crippen LogP contribution in [0.15, 0.2) is 34.6 Å². The maximum atomic E-state index is 12.8.